The van der Waals surface area contributed by atoms with Crippen molar-refractivity contribution in [3.8, 4) is 6.07 Å². The molecule has 25 heavy (non-hydrogen) atoms. The van der Waals surface area contributed by atoms with Crippen molar-refractivity contribution in [3.63, 3.8) is 0 Å². The van der Waals surface area contributed by atoms with E-state index in [1.807, 2.05) is 6.07 Å². The van der Waals surface area contributed by atoms with E-state index in [1.54, 1.807) is 23.2 Å². The van der Waals surface area contributed by atoms with E-state index in [1.165, 1.54) is 12.1 Å². The molecule has 1 aromatic carbocycles. The maximum absolute atomic E-state index is 13.3. The third kappa shape index (κ3) is 3.99. The summed E-state index contributed by atoms with van der Waals surface area (Å²) in [4.78, 5) is 1.69. The van der Waals surface area contributed by atoms with E-state index in [2.05, 4.69) is 15.5 Å². The standard InChI is InChI=1S/C17H16F3N5/c18-17(19,20)14-4-3-12(11-21)10-15(14)25-8-5-13(6-9-25)23-16-2-1-7-22-24-16/h1-4,7,10,13H,5-6,8-9H2,(H,23,24). The first-order valence-electron chi connectivity index (χ1n) is 7.88. The van der Waals surface area contributed by atoms with Crippen LogP contribution in [0.4, 0.5) is 24.7 Å². The molecule has 0 amide bonds. The maximum atomic E-state index is 13.3. The fraction of sp³-hybridized carbons (Fsp3) is 0.353. The van der Waals surface area contributed by atoms with E-state index in [9.17, 15) is 13.2 Å². The van der Waals surface area contributed by atoms with Gasteiger partial charge in [-0.2, -0.15) is 23.5 Å². The van der Waals surface area contributed by atoms with Crippen LogP contribution in [-0.4, -0.2) is 29.3 Å². The molecule has 0 radical (unpaired) electrons. The summed E-state index contributed by atoms with van der Waals surface area (Å²) in [6, 6.07) is 9.11. The van der Waals surface area contributed by atoms with Crippen molar-refractivity contribution in [2.75, 3.05) is 23.3 Å². The highest BCUT2D eigenvalue weighted by Gasteiger charge is 2.35. The monoisotopic (exact) mass is 347 g/mol. The molecule has 2 aromatic rings. The van der Waals surface area contributed by atoms with Crippen molar-refractivity contribution in [1.29, 1.82) is 5.26 Å². The quantitative estimate of drug-likeness (QED) is 0.921. The average Bonchev–Trinajstić information content (AvgIpc) is 2.62. The van der Waals surface area contributed by atoms with Crippen LogP contribution in [-0.2, 0) is 6.18 Å². The summed E-state index contributed by atoms with van der Waals surface area (Å²) in [5.74, 6) is 0.656. The van der Waals surface area contributed by atoms with Gasteiger partial charge < -0.3 is 10.2 Å². The van der Waals surface area contributed by atoms with Gasteiger partial charge in [-0.15, -0.1) is 5.10 Å². The summed E-state index contributed by atoms with van der Waals surface area (Å²) in [7, 11) is 0. The molecule has 0 saturated carbocycles. The summed E-state index contributed by atoms with van der Waals surface area (Å²) in [6.07, 6.45) is -1.53. The molecular formula is C17H16F3N5. The molecule has 1 N–H and O–H groups in total. The summed E-state index contributed by atoms with van der Waals surface area (Å²) in [6.45, 7) is 0.936. The van der Waals surface area contributed by atoms with Gasteiger partial charge in [-0.25, -0.2) is 0 Å². The summed E-state index contributed by atoms with van der Waals surface area (Å²) in [5.41, 5.74) is -0.404. The Balaban J connectivity index is 1.73. The number of rotatable bonds is 3. The van der Waals surface area contributed by atoms with Crippen LogP contribution in [0, 0.1) is 11.3 Å². The number of nitrogens with one attached hydrogen (secondary N) is 1. The molecule has 3 rings (SSSR count). The van der Waals surface area contributed by atoms with E-state index >= 15 is 0 Å². The minimum atomic E-state index is -4.45. The Morgan fingerprint density at radius 1 is 1.20 bits per heavy atom. The number of alkyl halides is 3. The van der Waals surface area contributed by atoms with Gasteiger partial charge >= 0.3 is 6.18 Å². The van der Waals surface area contributed by atoms with Crippen molar-refractivity contribution in [3.05, 3.63) is 47.7 Å². The van der Waals surface area contributed by atoms with Gasteiger partial charge in [-0.1, -0.05) is 0 Å². The Kier molecular flexibility index (Phi) is 4.74. The molecule has 1 aliphatic heterocycles. The molecule has 2 heterocycles. The number of piperidine rings is 1. The minimum Gasteiger partial charge on any atom is -0.371 e. The Morgan fingerprint density at radius 2 is 1.96 bits per heavy atom. The van der Waals surface area contributed by atoms with Gasteiger partial charge in [0.2, 0.25) is 0 Å². The van der Waals surface area contributed by atoms with E-state index in [0.717, 1.165) is 6.07 Å². The van der Waals surface area contributed by atoms with E-state index in [0.29, 0.717) is 31.7 Å². The molecular weight excluding hydrogens is 331 g/mol. The van der Waals surface area contributed by atoms with Crippen LogP contribution in [0.2, 0.25) is 0 Å². The minimum absolute atomic E-state index is 0.0736. The molecule has 1 saturated heterocycles. The molecule has 1 aliphatic rings. The zero-order valence-electron chi connectivity index (χ0n) is 13.3. The van der Waals surface area contributed by atoms with Gasteiger partial charge in [0.15, 0.2) is 0 Å². The highest BCUT2D eigenvalue weighted by Crippen LogP contribution is 2.38. The lowest BCUT2D eigenvalue weighted by Crippen LogP contribution is -2.40. The number of halogens is 3. The highest BCUT2D eigenvalue weighted by atomic mass is 19.4. The lowest BCUT2D eigenvalue weighted by atomic mass is 10.0. The van der Waals surface area contributed by atoms with Crippen LogP contribution in [0.5, 0.6) is 0 Å². The van der Waals surface area contributed by atoms with Crippen LogP contribution < -0.4 is 10.2 Å². The largest absolute Gasteiger partial charge is 0.418 e. The Morgan fingerprint density at radius 3 is 2.56 bits per heavy atom. The molecule has 130 valence electrons. The Hall–Kier alpha value is -2.82. The SMILES string of the molecule is N#Cc1ccc(C(F)(F)F)c(N2CCC(Nc3cccnn3)CC2)c1. The molecule has 0 spiro atoms. The molecule has 0 unspecified atom stereocenters. The number of benzene rings is 1. The topological polar surface area (TPSA) is 64.8 Å². The van der Waals surface area contributed by atoms with Gasteiger partial charge in [-0.05, 0) is 43.2 Å². The molecule has 0 atom stereocenters. The second-order valence-corrected chi connectivity index (χ2v) is 5.86. The zero-order valence-corrected chi connectivity index (χ0v) is 13.3. The number of anilines is 2. The van der Waals surface area contributed by atoms with Crippen molar-refractivity contribution in [1.82, 2.24) is 10.2 Å². The fourth-order valence-electron chi connectivity index (χ4n) is 2.95. The average molecular weight is 347 g/mol. The first-order chi connectivity index (χ1) is 12.0. The van der Waals surface area contributed by atoms with Crippen LogP contribution in [0.1, 0.15) is 24.0 Å². The highest BCUT2D eigenvalue weighted by molar-refractivity contribution is 5.59. The second-order valence-electron chi connectivity index (χ2n) is 5.86. The zero-order chi connectivity index (χ0) is 17.9. The molecule has 0 bridgehead atoms. The van der Waals surface area contributed by atoms with E-state index in [4.69, 9.17) is 5.26 Å². The van der Waals surface area contributed by atoms with E-state index < -0.39 is 11.7 Å². The first kappa shape index (κ1) is 17.0. The van der Waals surface area contributed by atoms with Crippen molar-refractivity contribution < 1.29 is 13.2 Å². The fourth-order valence-corrected chi connectivity index (χ4v) is 2.95. The predicted molar refractivity (Wildman–Crippen MR) is 87.0 cm³/mol. The van der Waals surface area contributed by atoms with Crippen molar-refractivity contribution >= 4 is 11.5 Å². The third-order valence-electron chi connectivity index (χ3n) is 4.19. The third-order valence-corrected chi connectivity index (χ3v) is 4.19. The van der Waals surface area contributed by atoms with Crippen molar-refractivity contribution in [2.45, 2.75) is 25.1 Å². The van der Waals surface area contributed by atoms with Crippen LogP contribution in [0.25, 0.3) is 0 Å². The summed E-state index contributed by atoms with van der Waals surface area (Å²) >= 11 is 0. The number of hydrogen-bond acceptors (Lipinski definition) is 5. The van der Waals surface area contributed by atoms with Crippen LogP contribution in [0.3, 0.4) is 0 Å². The van der Waals surface area contributed by atoms with Gasteiger partial charge in [0, 0.05) is 25.3 Å². The molecule has 5 nitrogen and oxygen atoms in total. The maximum Gasteiger partial charge on any atom is 0.418 e. The smallest absolute Gasteiger partial charge is 0.371 e. The Bertz CT molecular complexity index is 762. The number of hydrogen-bond donors (Lipinski definition) is 1. The molecule has 1 fully saturated rings. The van der Waals surface area contributed by atoms with Gasteiger partial charge in [0.05, 0.1) is 22.9 Å². The molecule has 8 heteroatoms. The normalized spacial score (nSPS) is 15.7. The summed E-state index contributed by atoms with van der Waals surface area (Å²) in [5, 5.41) is 20.0. The number of nitrogens with zero attached hydrogens (tertiary/aromatic N) is 4. The molecule has 0 aliphatic carbocycles. The van der Waals surface area contributed by atoms with Crippen LogP contribution in [0.15, 0.2) is 36.5 Å². The summed E-state index contributed by atoms with van der Waals surface area (Å²) < 4.78 is 39.8. The number of nitriles is 1. The molecule has 1 aromatic heterocycles. The van der Waals surface area contributed by atoms with Gasteiger partial charge in [-0.3, -0.25) is 0 Å². The number of aromatic nitrogens is 2. The Labute approximate surface area is 143 Å². The lowest BCUT2D eigenvalue weighted by Gasteiger charge is -2.35. The first-order valence-corrected chi connectivity index (χ1v) is 7.88. The van der Waals surface area contributed by atoms with Crippen molar-refractivity contribution in [2.24, 2.45) is 0 Å². The van der Waals surface area contributed by atoms with Gasteiger partial charge in [0.25, 0.3) is 0 Å². The van der Waals surface area contributed by atoms with Gasteiger partial charge in [0.1, 0.15) is 5.82 Å². The second kappa shape index (κ2) is 6.97. The lowest BCUT2D eigenvalue weighted by molar-refractivity contribution is -0.137. The predicted octanol–water partition coefficient (Wildman–Crippen LogP) is 3.45. The van der Waals surface area contributed by atoms with E-state index in [-0.39, 0.29) is 17.3 Å². The van der Waals surface area contributed by atoms with Crippen LogP contribution >= 0.6 is 0 Å².